The third kappa shape index (κ3) is 6.72. The molecule has 324 valence electrons. The molecule has 0 spiro atoms. The lowest BCUT2D eigenvalue weighted by atomic mass is 9.88. The van der Waals surface area contributed by atoms with Crippen molar-refractivity contribution in [1.82, 2.24) is 9.88 Å². The number of amidine groups is 2. The first-order valence-corrected chi connectivity index (χ1v) is 23.4. The number of aliphatic imine (C=N–C) groups is 2. The summed E-state index contributed by atoms with van der Waals surface area (Å²) in [6.45, 7) is 2.30. The van der Waals surface area contributed by atoms with E-state index >= 15 is 0 Å². The van der Waals surface area contributed by atoms with Crippen molar-refractivity contribution in [3.8, 4) is 5.69 Å². The van der Waals surface area contributed by atoms with Gasteiger partial charge >= 0.3 is 0 Å². The second-order valence-electron chi connectivity index (χ2n) is 17.8. The van der Waals surface area contributed by atoms with Crippen LogP contribution in [0.5, 0.6) is 0 Å². The average Bonchev–Trinajstić information content (AvgIpc) is 3.96. The van der Waals surface area contributed by atoms with Crippen LogP contribution in [0.1, 0.15) is 41.8 Å². The number of rotatable bonds is 8. The molecule has 0 radical (unpaired) electrons. The van der Waals surface area contributed by atoms with Crippen molar-refractivity contribution in [3.63, 3.8) is 0 Å². The molecule has 13 rings (SSSR count). The summed E-state index contributed by atoms with van der Waals surface area (Å²) in [4.78, 5) is 13.1. The van der Waals surface area contributed by atoms with Crippen molar-refractivity contribution in [2.45, 2.75) is 19.5 Å². The zero-order valence-electron chi connectivity index (χ0n) is 37.4. The summed E-state index contributed by atoms with van der Waals surface area (Å²) in [5, 5.41) is 10.6. The number of hydrogen-bond donors (Lipinski definition) is 1. The summed E-state index contributed by atoms with van der Waals surface area (Å²) in [7, 11) is 0. The molecule has 1 aliphatic carbocycles. The molecule has 68 heavy (non-hydrogen) atoms. The lowest BCUT2D eigenvalue weighted by Crippen LogP contribution is -2.33. The Morgan fingerprint density at radius 1 is 0.603 bits per heavy atom. The van der Waals surface area contributed by atoms with Crippen molar-refractivity contribution in [2.24, 2.45) is 15.9 Å². The third-order valence-corrected chi connectivity index (χ3v) is 13.7. The maximum atomic E-state index is 6.98. The molecular formula is C62H45N5O. The summed E-state index contributed by atoms with van der Waals surface area (Å²) in [6, 6.07) is 73.3. The number of allylic oxidation sites excluding steroid dienone is 4. The lowest BCUT2D eigenvalue weighted by Gasteiger charge is -2.28. The van der Waals surface area contributed by atoms with E-state index in [0.29, 0.717) is 11.8 Å². The van der Waals surface area contributed by atoms with Crippen molar-refractivity contribution in [3.05, 3.63) is 247 Å². The number of aromatic nitrogens is 1. The van der Waals surface area contributed by atoms with Crippen LogP contribution in [-0.2, 0) is 0 Å². The molecule has 6 heteroatoms. The van der Waals surface area contributed by atoms with Gasteiger partial charge in [0.2, 0.25) is 0 Å². The third-order valence-electron chi connectivity index (χ3n) is 13.7. The van der Waals surface area contributed by atoms with Crippen LogP contribution in [0.3, 0.4) is 0 Å². The minimum atomic E-state index is -0.422. The van der Waals surface area contributed by atoms with Gasteiger partial charge in [-0.2, -0.15) is 0 Å². The van der Waals surface area contributed by atoms with Gasteiger partial charge in [-0.05, 0) is 107 Å². The van der Waals surface area contributed by atoms with Gasteiger partial charge in [-0.25, -0.2) is 9.98 Å². The van der Waals surface area contributed by atoms with Gasteiger partial charge in [0.05, 0.1) is 27.7 Å². The van der Waals surface area contributed by atoms with E-state index in [1.165, 1.54) is 43.7 Å². The molecule has 1 N–H and O–H groups in total. The lowest BCUT2D eigenvalue weighted by molar-refractivity contribution is 0.663. The van der Waals surface area contributed by atoms with Crippen molar-refractivity contribution in [2.75, 3.05) is 4.90 Å². The molecule has 6 nitrogen and oxygen atoms in total. The Morgan fingerprint density at radius 3 is 2.04 bits per heavy atom. The number of para-hydroxylation sites is 3. The highest BCUT2D eigenvalue weighted by atomic mass is 16.3. The monoisotopic (exact) mass is 875 g/mol. The van der Waals surface area contributed by atoms with Crippen LogP contribution in [0, 0.1) is 5.92 Å². The van der Waals surface area contributed by atoms with E-state index in [4.69, 9.17) is 14.4 Å². The van der Waals surface area contributed by atoms with Crippen LogP contribution < -0.4 is 10.2 Å². The van der Waals surface area contributed by atoms with Gasteiger partial charge in [0, 0.05) is 38.8 Å². The Labute approximate surface area is 394 Å². The molecule has 0 amide bonds. The van der Waals surface area contributed by atoms with Gasteiger partial charge < -0.3 is 19.2 Å². The number of anilines is 3. The smallest absolute Gasteiger partial charge is 0.163 e. The molecule has 3 heterocycles. The van der Waals surface area contributed by atoms with E-state index in [1.807, 2.05) is 24.3 Å². The minimum absolute atomic E-state index is 0.422. The first-order valence-electron chi connectivity index (χ1n) is 23.4. The zero-order chi connectivity index (χ0) is 45.1. The fourth-order valence-corrected chi connectivity index (χ4v) is 10.3. The number of benzene rings is 9. The van der Waals surface area contributed by atoms with Crippen LogP contribution in [-0.4, -0.2) is 16.2 Å². The van der Waals surface area contributed by atoms with E-state index in [9.17, 15) is 0 Å². The molecule has 2 atom stereocenters. The van der Waals surface area contributed by atoms with Crippen LogP contribution in [0.2, 0.25) is 0 Å². The maximum absolute atomic E-state index is 6.98. The predicted molar refractivity (Wildman–Crippen MR) is 283 cm³/mol. The van der Waals surface area contributed by atoms with Crippen LogP contribution >= 0.6 is 0 Å². The van der Waals surface area contributed by atoms with E-state index in [0.717, 1.165) is 73.6 Å². The Morgan fingerprint density at radius 2 is 1.28 bits per heavy atom. The number of hydrogen-bond acceptors (Lipinski definition) is 5. The van der Waals surface area contributed by atoms with Crippen LogP contribution in [0.15, 0.2) is 239 Å². The normalized spacial score (nSPS) is 16.0. The van der Waals surface area contributed by atoms with Gasteiger partial charge in [0.25, 0.3) is 0 Å². The fraction of sp³-hybridized carbons (Fsp3) is 0.0645. The molecule has 0 fully saturated rings. The van der Waals surface area contributed by atoms with E-state index in [2.05, 4.69) is 222 Å². The molecule has 0 bridgehead atoms. The van der Waals surface area contributed by atoms with E-state index < -0.39 is 6.17 Å². The Kier molecular flexibility index (Phi) is 9.49. The summed E-state index contributed by atoms with van der Waals surface area (Å²) in [5.41, 5.74) is 13.5. The van der Waals surface area contributed by atoms with E-state index in [-0.39, 0.29) is 0 Å². The first-order chi connectivity index (χ1) is 33.6. The topological polar surface area (TPSA) is 58.1 Å². The highest BCUT2D eigenvalue weighted by Gasteiger charge is 2.27. The molecule has 9 aromatic carbocycles. The Bertz CT molecular complexity index is 3820. The summed E-state index contributed by atoms with van der Waals surface area (Å²) in [6.07, 6.45) is 7.31. The molecule has 2 aliphatic rings. The number of fused-ring (bicyclic) bond motifs is 7. The van der Waals surface area contributed by atoms with Crippen molar-refractivity contribution in [1.29, 1.82) is 0 Å². The molecule has 1 aliphatic heterocycles. The summed E-state index contributed by atoms with van der Waals surface area (Å²) in [5.74, 6) is 1.80. The SMILES string of the molecule is CC1CC=CC=C1c1ccc(N(c2ccc3ccccc3c2)c2ccc(C3=NC(c4ccc(-n5c6ccccc6c6ccccc65)cc4)NC(c4ccccc4)=N3)c3oc4ccccc4c23)cc1. The number of nitrogens with zero attached hydrogens (tertiary/aromatic N) is 4. The largest absolute Gasteiger partial charge is 0.455 e. The summed E-state index contributed by atoms with van der Waals surface area (Å²) < 4.78 is 9.32. The molecular weight excluding hydrogens is 831 g/mol. The molecule has 11 aromatic rings. The van der Waals surface area contributed by atoms with E-state index in [1.54, 1.807) is 0 Å². The summed E-state index contributed by atoms with van der Waals surface area (Å²) >= 11 is 0. The molecule has 0 saturated heterocycles. The van der Waals surface area contributed by atoms with Gasteiger partial charge in [-0.3, -0.25) is 0 Å². The Balaban J connectivity index is 0.968. The van der Waals surface area contributed by atoms with Crippen molar-refractivity contribution < 1.29 is 4.42 Å². The molecule has 2 aromatic heterocycles. The van der Waals surface area contributed by atoms with Gasteiger partial charge in [0.15, 0.2) is 5.84 Å². The van der Waals surface area contributed by atoms with Gasteiger partial charge in [0.1, 0.15) is 23.2 Å². The standard InChI is InChI=1S/C62H45N5O/c1-40-15-5-8-20-49(40)42-28-32-46(33-29-42)66(48-36-27-41-16-6-7-19-45(41)39-48)56-38-37-53(59-58(56)52-23-11-14-26-57(52)68-59)62-64-60(43-17-3-2-4-18-43)63-61(65-62)44-30-34-47(35-31-44)67-54-24-12-9-21-50(54)51-22-10-13-25-55(51)67/h2-14,16-40,61H,15H2,1H3,(H,63,64,65). The number of furan rings is 1. The quantitative estimate of drug-likeness (QED) is 0.165. The predicted octanol–water partition coefficient (Wildman–Crippen LogP) is 15.8. The molecule has 2 unspecified atom stereocenters. The molecule has 0 saturated carbocycles. The zero-order valence-corrected chi connectivity index (χ0v) is 37.4. The van der Waals surface area contributed by atoms with Crippen LogP contribution in [0.4, 0.5) is 17.1 Å². The first kappa shape index (κ1) is 39.6. The highest BCUT2D eigenvalue weighted by Crippen LogP contribution is 2.46. The number of nitrogens with one attached hydrogen (secondary N) is 1. The van der Waals surface area contributed by atoms with Crippen LogP contribution in [0.25, 0.3) is 65.8 Å². The maximum Gasteiger partial charge on any atom is 0.163 e. The second-order valence-corrected chi connectivity index (χ2v) is 17.8. The average molecular weight is 876 g/mol. The van der Waals surface area contributed by atoms with Crippen molar-refractivity contribution >= 4 is 88.8 Å². The Hall–Kier alpha value is -8.74. The minimum Gasteiger partial charge on any atom is -0.455 e. The fourth-order valence-electron chi connectivity index (χ4n) is 10.3. The highest BCUT2D eigenvalue weighted by molar-refractivity contribution is 6.23. The van der Waals surface area contributed by atoms with Gasteiger partial charge in [-0.15, -0.1) is 0 Å². The second kappa shape index (κ2) is 16.3. The van der Waals surface area contributed by atoms with Gasteiger partial charge in [-0.1, -0.05) is 165 Å².